The minimum absolute atomic E-state index is 0.328. The second kappa shape index (κ2) is 8.22. The summed E-state index contributed by atoms with van der Waals surface area (Å²) in [6, 6.07) is 10.3. The summed E-state index contributed by atoms with van der Waals surface area (Å²) < 4.78 is 5.32. The van der Waals surface area contributed by atoms with E-state index < -0.39 is 5.91 Å². The van der Waals surface area contributed by atoms with Gasteiger partial charge in [0.15, 0.2) is 0 Å². The predicted octanol–water partition coefficient (Wildman–Crippen LogP) is 2.59. The quantitative estimate of drug-likeness (QED) is 0.610. The van der Waals surface area contributed by atoms with Crippen molar-refractivity contribution >= 4 is 11.6 Å². The first-order valence-corrected chi connectivity index (χ1v) is 9.44. The maximum Gasteiger partial charge on any atom is 0.252 e. The van der Waals surface area contributed by atoms with E-state index in [1.165, 1.54) is 0 Å². The third kappa shape index (κ3) is 4.20. The third-order valence-corrected chi connectivity index (χ3v) is 4.94. The molecule has 4 rings (SSSR count). The maximum atomic E-state index is 11.8. The molecule has 1 saturated heterocycles. The van der Waals surface area contributed by atoms with E-state index >= 15 is 0 Å². The molecule has 144 valence electrons. The average molecular weight is 377 g/mol. The summed E-state index contributed by atoms with van der Waals surface area (Å²) in [5.74, 6) is 0.134. The largest absolute Gasteiger partial charge is 0.445 e. The van der Waals surface area contributed by atoms with Crippen molar-refractivity contribution in [2.24, 2.45) is 5.73 Å². The fraction of sp³-hybridized carbons (Fsp3) is 0.286. The molecule has 28 heavy (non-hydrogen) atoms. The lowest BCUT2D eigenvalue weighted by molar-refractivity contribution is 0.100. The molecule has 0 spiro atoms. The number of carbonyl (C=O) groups is 1. The molecule has 0 atom stereocenters. The van der Waals surface area contributed by atoms with E-state index in [0.29, 0.717) is 23.9 Å². The summed E-state index contributed by atoms with van der Waals surface area (Å²) in [4.78, 5) is 20.4. The summed E-state index contributed by atoms with van der Waals surface area (Å²) in [5, 5.41) is 6.82. The number of carbonyl (C=O) groups excluding carboxylic acids is 1. The van der Waals surface area contributed by atoms with Gasteiger partial charge in [0.05, 0.1) is 17.4 Å². The smallest absolute Gasteiger partial charge is 0.252 e. The van der Waals surface area contributed by atoms with Crippen LogP contribution in [0.2, 0.25) is 0 Å². The molecular weight excluding hydrogens is 354 g/mol. The summed E-state index contributed by atoms with van der Waals surface area (Å²) >= 11 is 0. The van der Waals surface area contributed by atoms with E-state index in [1.54, 1.807) is 18.7 Å². The van der Waals surface area contributed by atoms with Gasteiger partial charge in [-0.15, -0.1) is 0 Å². The van der Waals surface area contributed by atoms with Gasteiger partial charge >= 0.3 is 0 Å². The Hall–Kier alpha value is -3.19. The molecule has 2 aromatic heterocycles. The summed E-state index contributed by atoms with van der Waals surface area (Å²) in [5.41, 5.74) is 9.66. The number of nitrogens with one attached hydrogen (secondary N) is 2. The zero-order chi connectivity index (χ0) is 19.3. The maximum absolute atomic E-state index is 11.8. The highest BCUT2D eigenvalue weighted by molar-refractivity contribution is 5.98. The molecule has 0 bridgehead atoms. The molecule has 1 aliphatic heterocycles. The topological polar surface area (TPSA) is 106 Å². The summed E-state index contributed by atoms with van der Waals surface area (Å²) in [6.45, 7) is 1.94. The van der Waals surface area contributed by atoms with Crippen LogP contribution in [0.1, 0.15) is 34.5 Å². The van der Waals surface area contributed by atoms with Crippen molar-refractivity contribution in [3.8, 4) is 11.5 Å². The zero-order valence-corrected chi connectivity index (χ0v) is 15.5. The highest BCUT2D eigenvalue weighted by Crippen LogP contribution is 2.22. The van der Waals surface area contributed by atoms with Crippen molar-refractivity contribution in [1.29, 1.82) is 0 Å². The molecule has 3 heterocycles. The standard InChI is InChI=1S/C21H23N5O2/c22-20(27)18-13-25-17(12-19(18)26-16-5-7-23-8-6-16)11-14-1-3-15(4-2-14)21-24-9-10-28-21/h1-4,9-10,12-13,16,23H,5-8,11H2,(H2,22,27)(H,25,26). The molecule has 1 aromatic carbocycles. The van der Waals surface area contributed by atoms with Crippen LogP contribution in [-0.4, -0.2) is 35.0 Å². The normalized spacial score (nSPS) is 14.7. The first-order chi connectivity index (χ1) is 13.7. The van der Waals surface area contributed by atoms with Gasteiger partial charge in [-0.25, -0.2) is 4.98 Å². The number of pyridine rings is 1. The van der Waals surface area contributed by atoms with Crippen LogP contribution in [0.25, 0.3) is 11.5 Å². The van der Waals surface area contributed by atoms with Gasteiger partial charge in [0.25, 0.3) is 5.91 Å². The molecule has 0 radical (unpaired) electrons. The van der Waals surface area contributed by atoms with Crippen LogP contribution in [0, 0.1) is 0 Å². The van der Waals surface area contributed by atoms with Gasteiger partial charge < -0.3 is 20.8 Å². The lowest BCUT2D eigenvalue weighted by Gasteiger charge is -2.25. The number of rotatable bonds is 6. The van der Waals surface area contributed by atoms with Crippen LogP contribution in [-0.2, 0) is 6.42 Å². The first kappa shape index (κ1) is 18.2. The first-order valence-electron chi connectivity index (χ1n) is 9.44. The van der Waals surface area contributed by atoms with Gasteiger partial charge in [0, 0.05) is 29.9 Å². The fourth-order valence-corrected chi connectivity index (χ4v) is 3.44. The minimum Gasteiger partial charge on any atom is -0.445 e. The second-order valence-corrected chi connectivity index (χ2v) is 6.97. The molecular formula is C21H23N5O2. The van der Waals surface area contributed by atoms with E-state index in [2.05, 4.69) is 20.6 Å². The number of oxazole rings is 1. The van der Waals surface area contributed by atoms with E-state index in [-0.39, 0.29) is 0 Å². The Bertz CT molecular complexity index is 932. The average Bonchev–Trinajstić information content (AvgIpc) is 3.24. The Morgan fingerprint density at radius 3 is 2.68 bits per heavy atom. The Morgan fingerprint density at radius 2 is 2.00 bits per heavy atom. The minimum atomic E-state index is -0.467. The lowest BCUT2D eigenvalue weighted by Crippen LogP contribution is -2.35. The number of primary amides is 1. The van der Waals surface area contributed by atoms with Crippen LogP contribution >= 0.6 is 0 Å². The van der Waals surface area contributed by atoms with E-state index in [4.69, 9.17) is 10.2 Å². The molecule has 1 aliphatic rings. The second-order valence-electron chi connectivity index (χ2n) is 6.97. The molecule has 0 unspecified atom stereocenters. The molecule has 0 saturated carbocycles. The number of amides is 1. The van der Waals surface area contributed by atoms with Gasteiger partial charge in [-0.1, -0.05) is 12.1 Å². The van der Waals surface area contributed by atoms with Crippen LogP contribution in [0.15, 0.2) is 53.4 Å². The Kier molecular flexibility index (Phi) is 5.34. The monoisotopic (exact) mass is 377 g/mol. The lowest BCUT2D eigenvalue weighted by atomic mass is 10.0. The van der Waals surface area contributed by atoms with Crippen molar-refractivity contribution in [2.75, 3.05) is 18.4 Å². The number of hydrogen-bond acceptors (Lipinski definition) is 6. The number of anilines is 1. The predicted molar refractivity (Wildman–Crippen MR) is 107 cm³/mol. The van der Waals surface area contributed by atoms with E-state index in [1.807, 2.05) is 30.3 Å². The molecule has 1 amide bonds. The summed E-state index contributed by atoms with van der Waals surface area (Å²) in [6.07, 6.45) is 7.44. The molecule has 4 N–H and O–H groups in total. The van der Waals surface area contributed by atoms with Crippen LogP contribution in [0.4, 0.5) is 5.69 Å². The SMILES string of the molecule is NC(=O)c1cnc(Cc2ccc(-c3ncco3)cc2)cc1NC1CCNCC1. The van der Waals surface area contributed by atoms with Crippen LogP contribution in [0.5, 0.6) is 0 Å². The van der Waals surface area contributed by atoms with Gasteiger partial charge in [0.1, 0.15) is 6.26 Å². The number of aromatic nitrogens is 2. The van der Waals surface area contributed by atoms with Crippen molar-refractivity contribution < 1.29 is 9.21 Å². The molecule has 3 aromatic rings. The van der Waals surface area contributed by atoms with Gasteiger partial charge in [0.2, 0.25) is 5.89 Å². The number of nitrogens with zero attached hydrogens (tertiary/aromatic N) is 2. The van der Waals surface area contributed by atoms with E-state index in [9.17, 15) is 4.79 Å². The van der Waals surface area contributed by atoms with Gasteiger partial charge in [-0.05, 0) is 49.7 Å². The number of hydrogen-bond donors (Lipinski definition) is 3. The van der Waals surface area contributed by atoms with Crippen LogP contribution < -0.4 is 16.4 Å². The Morgan fingerprint density at radius 1 is 1.21 bits per heavy atom. The van der Waals surface area contributed by atoms with Crippen molar-refractivity contribution in [1.82, 2.24) is 15.3 Å². The number of nitrogens with two attached hydrogens (primary N) is 1. The highest BCUT2D eigenvalue weighted by Gasteiger charge is 2.17. The van der Waals surface area contributed by atoms with E-state index in [0.717, 1.165) is 48.4 Å². The molecule has 7 nitrogen and oxygen atoms in total. The fourth-order valence-electron chi connectivity index (χ4n) is 3.44. The Balaban J connectivity index is 1.52. The third-order valence-electron chi connectivity index (χ3n) is 4.94. The summed E-state index contributed by atoms with van der Waals surface area (Å²) in [7, 11) is 0. The van der Waals surface area contributed by atoms with Gasteiger partial charge in [-0.2, -0.15) is 0 Å². The van der Waals surface area contributed by atoms with Crippen molar-refractivity contribution in [3.63, 3.8) is 0 Å². The van der Waals surface area contributed by atoms with Crippen molar-refractivity contribution in [3.05, 3.63) is 65.8 Å². The molecule has 1 fully saturated rings. The Labute approximate surface area is 163 Å². The van der Waals surface area contributed by atoms with Crippen molar-refractivity contribution in [2.45, 2.75) is 25.3 Å². The highest BCUT2D eigenvalue weighted by atomic mass is 16.3. The van der Waals surface area contributed by atoms with Crippen LogP contribution in [0.3, 0.4) is 0 Å². The molecule has 7 heteroatoms. The molecule has 0 aliphatic carbocycles. The number of piperidine rings is 1. The number of benzene rings is 1. The zero-order valence-electron chi connectivity index (χ0n) is 15.5. The van der Waals surface area contributed by atoms with Gasteiger partial charge in [-0.3, -0.25) is 9.78 Å².